The second-order valence-electron chi connectivity index (χ2n) is 12.5. The predicted molar refractivity (Wildman–Crippen MR) is 204 cm³/mol. The predicted octanol–water partition coefficient (Wildman–Crippen LogP) is 13.4. The fourth-order valence-electron chi connectivity index (χ4n) is 7.45. The van der Waals surface area contributed by atoms with Crippen LogP contribution in [0.15, 0.2) is 185 Å². The lowest BCUT2D eigenvalue weighted by Crippen LogP contribution is -2.12. The first-order chi connectivity index (χ1) is 24.3. The maximum absolute atomic E-state index is 6.70. The average Bonchev–Trinajstić information content (AvgIpc) is 3.75. The minimum absolute atomic E-state index is 0.856. The fourth-order valence-corrected chi connectivity index (χ4v) is 7.45. The Morgan fingerprint density at radius 1 is 0.347 bits per heavy atom. The van der Waals surface area contributed by atoms with Crippen LogP contribution in [0.3, 0.4) is 0 Å². The van der Waals surface area contributed by atoms with E-state index in [0.29, 0.717) is 0 Å². The Morgan fingerprint density at radius 3 is 1.82 bits per heavy atom. The zero-order valence-corrected chi connectivity index (χ0v) is 26.5. The standard InChI is InChI=1S/C46H29NO2/c1-2-13-30(14-3-1)33-16-6-9-20-39(33)47(41-22-12-24-44-45(41)37-27-25-31-15-4-5-18-35(31)46(37)49-44)40-21-10-7-17-34(40)32-26-28-43-38(29-32)36-19-8-11-23-42(36)48-43/h1-29H. The smallest absolute Gasteiger partial charge is 0.143 e. The van der Waals surface area contributed by atoms with Crippen molar-refractivity contribution in [2.24, 2.45) is 0 Å². The van der Waals surface area contributed by atoms with Crippen LogP contribution in [0.4, 0.5) is 17.1 Å². The number of hydrogen-bond donors (Lipinski definition) is 0. The Balaban J connectivity index is 1.28. The third-order valence-corrected chi connectivity index (χ3v) is 9.67. The number of fused-ring (bicyclic) bond motifs is 8. The van der Waals surface area contributed by atoms with Crippen molar-refractivity contribution < 1.29 is 8.83 Å². The second kappa shape index (κ2) is 11.0. The Labute approximate surface area is 282 Å². The van der Waals surface area contributed by atoms with E-state index in [2.05, 4.69) is 169 Å². The maximum Gasteiger partial charge on any atom is 0.143 e. The minimum atomic E-state index is 0.856. The molecule has 0 atom stereocenters. The molecule has 8 aromatic carbocycles. The van der Waals surface area contributed by atoms with Gasteiger partial charge < -0.3 is 13.7 Å². The molecule has 0 amide bonds. The van der Waals surface area contributed by atoms with Crippen molar-refractivity contribution in [1.82, 2.24) is 0 Å². The molecular formula is C46H29NO2. The molecule has 0 spiro atoms. The first kappa shape index (κ1) is 27.5. The van der Waals surface area contributed by atoms with Gasteiger partial charge in [-0.1, -0.05) is 127 Å². The number of para-hydroxylation sites is 3. The molecule has 0 saturated carbocycles. The van der Waals surface area contributed by atoms with Crippen LogP contribution in [-0.4, -0.2) is 0 Å². The van der Waals surface area contributed by atoms with Gasteiger partial charge in [0.1, 0.15) is 22.3 Å². The molecule has 10 aromatic rings. The van der Waals surface area contributed by atoms with E-state index in [4.69, 9.17) is 8.83 Å². The highest BCUT2D eigenvalue weighted by Gasteiger charge is 2.24. The lowest BCUT2D eigenvalue weighted by atomic mass is 9.97. The van der Waals surface area contributed by atoms with E-state index in [0.717, 1.165) is 94.0 Å². The number of benzene rings is 8. The topological polar surface area (TPSA) is 29.5 Å². The Hall–Kier alpha value is -6.58. The van der Waals surface area contributed by atoms with Gasteiger partial charge in [-0.3, -0.25) is 0 Å². The summed E-state index contributed by atoms with van der Waals surface area (Å²) in [6.07, 6.45) is 0. The van der Waals surface area contributed by atoms with E-state index in [1.807, 2.05) is 12.1 Å². The summed E-state index contributed by atoms with van der Waals surface area (Å²) >= 11 is 0. The molecule has 2 heterocycles. The van der Waals surface area contributed by atoms with Gasteiger partial charge in [-0.05, 0) is 65.0 Å². The molecule has 0 N–H and O–H groups in total. The molecule has 10 rings (SSSR count). The van der Waals surface area contributed by atoms with Crippen LogP contribution in [0.2, 0.25) is 0 Å². The number of anilines is 3. The molecule has 0 saturated heterocycles. The summed E-state index contributed by atoms with van der Waals surface area (Å²) in [6, 6.07) is 62.1. The van der Waals surface area contributed by atoms with Gasteiger partial charge in [0.15, 0.2) is 0 Å². The normalized spacial score (nSPS) is 11.7. The van der Waals surface area contributed by atoms with E-state index < -0.39 is 0 Å². The molecule has 3 nitrogen and oxygen atoms in total. The molecule has 3 heteroatoms. The second-order valence-corrected chi connectivity index (χ2v) is 12.5. The van der Waals surface area contributed by atoms with E-state index in [1.54, 1.807) is 0 Å². The van der Waals surface area contributed by atoms with Crippen LogP contribution in [0.5, 0.6) is 0 Å². The highest BCUT2D eigenvalue weighted by atomic mass is 16.3. The van der Waals surface area contributed by atoms with Gasteiger partial charge in [-0.15, -0.1) is 0 Å². The summed E-state index contributed by atoms with van der Waals surface area (Å²) in [5.41, 5.74) is 11.3. The summed E-state index contributed by atoms with van der Waals surface area (Å²) < 4.78 is 12.9. The summed E-state index contributed by atoms with van der Waals surface area (Å²) in [5, 5.41) is 6.67. The van der Waals surface area contributed by atoms with Crippen LogP contribution in [0.25, 0.3) is 76.9 Å². The zero-order chi connectivity index (χ0) is 32.3. The first-order valence-electron chi connectivity index (χ1n) is 16.6. The molecule has 0 fully saturated rings. The Kier molecular flexibility index (Phi) is 6.18. The van der Waals surface area contributed by atoms with Crippen LogP contribution >= 0.6 is 0 Å². The van der Waals surface area contributed by atoms with Crippen molar-refractivity contribution >= 4 is 71.7 Å². The quantitative estimate of drug-likeness (QED) is 0.190. The van der Waals surface area contributed by atoms with Crippen molar-refractivity contribution in [1.29, 1.82) is 0 Å². The number of hydrogen-bond acceptors (Lipinski definition) is 3. The summed E-state index contributed by atoms with van der Waals surface area (Å²) in [7, 11) is 0. The van der Waals surface area contributed by atoms with Crippen molar-refractivity contribution in [3.8, 4) is 22.3 Å². The van der Waals surface area contributed by atoms with Gasteiger partial charge in [0.05, 0.1) is 22.4 Å². The Morgan fingerprint density at radius 2 is 0.980 bits per heavy atom. The molecule has 49 heavy (non-hydrogen) atoms. The molecule has 0 aliphatic heterocycles. The molecule has 0 aliphatic rings. The summed E-state index contributed by atoms with van der Waals surface area (Å²) in [5.74, 6) is 0. The van der Waals surface area contributed by atoms with Crippen molar-refractivity contribution in [2.75, 3.05) is 4.90 Å². The molecule has 2 aromatic heterocycles. The molecule has 0 radical (unpaired) electrons. The highest BCUT2D eigenvalue weighted by molar-refractivity contribution is 6.20. The van der Waals surface area contributed by atoms with Crippen molar-refractivity contribution in [2.45, 2.75) is 0 Å². The van der Waals surface area contributed by atoms with E-state index in [1.165, 1.54) is 0 Å². The van der Waals surface area contributed by atoms with E-state index >= 15 is 0 Å². The summed E-state index contributed by atoms with van der Waals surface area (Å²) in [6.45, 7) is 0. The largest absolute Gasteiger partial charge is 0.456 e. The average molecular weight is 628 g/mol. The van der Waals surface area contributed by atoms with Gasteiger partial charge in [0.2, 0.25) is 0 Å². The van der Waals surface area contributed by atoms with Gasteiger partial charge in [0.25, 0.3) is 0 Å². The van der Waals surface area contributed by atoms with Gasteiger partial charge in [-0.25, -0.2) is 0 Å². The molecule has 0 bridgehead atoms. The van der Waals surface area contributed by atoms with Crippen LogP contribution in [-0.2, 0) is 0 Å². The van der Waals surface area contributed by atoms with Crippen LogP contribution in [0.1, 0.15) is 0 Å². The van der Waals surface area contributed by atoms with E-state index in [-0.39, 0.29) is 0 Å². The van der Waals surface area contributed by atoms with Crippen LogP contribution < -0.4 is 4.90 Å². The molecule has 0 aliphatic carbocycles. The maximum atomic E-state index is 6.70. The number of nitrogens with zero attached hydrogens (tertiary/aromatic N) is 1. The lowest BCUT2D eigenvalue weighted by molar-refractivity contribution is 0.669. The SMILES string of the molecule is c1ccc(-c2ccccc2N(c2ccccc2-c2ccc3oc4ccccc4c3c2)c2cccc3oc4c5ccccc5ccc4c23)cc1. The Bertz CT molecular complexity index is 2840. The third-order valence-electron chi connectivity index (χ3n) is 9.67. The fraction of sp³-hybridized carbons (Fsp3) is 0. The highest BCUT2D eigenvalue weighted by Crippen LogP contribution is 2.49. The number of furan rings is 2. The van der Waals surface area contributed by atoms with Crippen molar-refractivity contribution in [3.05, 3.63) is 176 Å². The van der Waals surface area contributed by atoms with Crippen molar-refractivity contribution in [3.63, 3.8) is 0 Å². The molecule has 0 unspecified atom stereocenters. The molecule has 230 valence electrons. The summed E-state index contributed by atoms with van der Waals surface area (Å²) in [4.78, 5) is 2.42. The lowest BCUT2D eigenvalue weighted by Gasteiger charge is -2.30. The van der Waals surface area contributed by atoms with E-state index in [9.17, 15) is 0 Å². The number of rotatable bonds is 5. The molecular weight excluding hydrogens is 599 g/mol. The monoisotopic (exact) mass is 627 g/mol. The van der Waals surface area contributed by atoms with Gasteiger partial charge in [-0.2, -0.15) is 0 Å². The van der Waals surface area contributed by atoms with Gasteiger partial charge >= 0.3 is 0 Å². The first-order valence-corrected chi connectivity index (χ1v) is 16.6. The third kappa shape index (κ3) is 4.37. The zero-order valence-electron chi connectivity index (χ0n) is 26.5. The van der Waals surface area contributed by atoms with Gasteiger partial charge in [0, 0.05) is 32.7 Å². The minimum Gasteiger partial charge on any atom is -0.456 e. The van der Waals surface area contributed by atoms with Crippen LogP contribution in [0, 0.1) is 0 Å².